The van der Waals surface area contributed by atoms with E-state index in [9.17, 15) is 0 Å². The van der Waals surface area contributed by atoms with Gasteiger partial charge in [-0.3, -0.25) is 4.98 Å². The van der Waals surface area contributed by atoms with Crippen LogP contribution in [0.25, 0.3) is 11.3 Å². The standard InChI is InChI=1S/C25H36ClNO/c1-3-5-7-9-11-13-21-14-16-24(27-20-21)22-15-17-25(23(26)19-22)28-18-12-10-8-6-4-2/h14-17,19-20H,3-13,18H2,1-2H3. The zero-order valence-corrected chi connectivity index (χ0v) is 18.4. The second-order valence-electron chi connectivity index (χ2n) is 7.62. The Kier molecular flexibility index (Phi) is 11.1. The summed E-state index contributed by atoms with van der Waals surface area (Å²) in [5.41, 5.74) is 3.31. The maximum atomic E-state index is 6.43. The number of hydrogen-bond donors (Lipinski definition) is 0. The number of unbranched alkanes of at least 4 members (excludes halogenated alkanes) is 8. The molecule has 1 aromatic heterocycles. The summed E-state index contributed by atoms with van der Waals surface area (Å²) in [6.07, 6.45) is 15.8. The fraction of sp³-hybridized carbons (Fsp3) is 0.560. The molecule has 2 aromatic rings. The van der Waals surface area contributed by atoms with Gasteiger partial charge in [0.25, 0.3) is 0 Å². The molecule has 0 aliphatic carbocycles. The van der Waals surface area contributed by atoms with Gasteiger partial charge in [-0.05, 0) is 49.1 Å². The Morgan fingerprint density at radius 3 is 2.18 bits per heavy atom. The molecule has 0 bridgehead atoms. The van der Waals surface area contributed by atoms with Crippen LogP contribution in [0.4, 0.5) is 0 Å². The minimum atomic E-state index is 0.660. The van der Waals surface area contributed by atoms with Crippen molar-refractivity contribution >= 4 is 11.6 Å². The summed E-state index contributed by atoms with van der Waals surface area (Å²) in [7, 11) is 0. The van der Waals surface area contributed by atoms with Gasteiger partial charge in [0.1, 0.15) is 5.75 Å². The molecule has 0 saturated carbocycles. The fourth-order valence-electron chi connectivity index (χ4n) is 3.34. The Hall–Kier alpha value is -1.54. The number of nitrogens with zero attached hydrogens (tertiary/aromatic N) is 1. The number of benzene rings is 1. The van der Waals surface area contributed by atoms with Crippen molar-refractivity contribution in [1.82, 2.24) is 4.98 Å². The van der Waals surface area contributed by atoms with Crippen LogP contribution in [0, 0.1) is 0 Å². The van der Waals surface area contributed by atoms with Gasteiger partial charge in [-0.1, -0.05) is 82.9 Å². The Labute approximate surface area is 176 Å². The first-order valence-corrected chi connectivity index (χ1v) is 11.5. The summed E-state index contributed by atoms with van der Waals surface area (Å²) < 4.78 is 5.85. The topological polar surface area (TPSA) is 22.1 Å². The minimum absolute atomic E-state index is 0.660. The Morgan fingerprint density at radius 2 is 1.54 bits per heavy atom. The monoisotopic (exact) mass is 401 g/mol. The van der Waals surface area contributed by atoms with E-state index in [0.717, 1.165) is 36.5 Å². The third-order valence-electron chi connectivity index (χ3n) is 5.13. The molecule has 0 atom stereocenters. The number of aromatic nitrogens is 1. The summed E-state index contributed by atoms with van der Waals surface area (Å²) in [6, 6.07) is 10.3. The highest BCUT2D eigenvalue weighted by molar-refractivity contribution is 6.32. The molecule has 2 nitrogen and oxygen atoms in total. The van der Waals surface area contributed by atoms with E-state index in [0.29, 0.717) is 5.02 Å². The molecule has 0 saturated heterocycles. The van der Waals surface area contributed by atoms with Crippen molar-refractivity contribution in [2.75, 3.05) is 6.61 Å². The van der Waals surface area contributed by atoms with Crippen molar-refractivity contribution in [3.05, 3.63) is 47.1 Å². The summed E-state index contributed by atoms with van der Waals surface area (Å²) in [6.45, 7) is 5.21. The summed E-state index contributed by atoms with van der Waals surface area (Å²) in [5.74, 6) is 0.768. The second-order valence-corrected chi connectivity index (χ2v) is 8.03. The first-order valence-electron chi connectivity index (χ1n) is 11.1. The molecule has 0 radical (unpaired) electrons. The van der Waals surface area contributed by atoms with Gasteiger partial charge in [0.2, 0.25) is 0 Å². The molecule has 0 amide bonds. The normalized spacial score (nSPS) is 11.0. The van der Waals surface area contributed by atoms with E-state index in [2.05, 4.69) is 31.0 Å². The molecular weight excluding hydrogens is 366 g/mol. The van der Waals surface area contributed by atoms with Crippen LogP contribution in [0.5, 0.6) is 5.75 Å². The predicted octanol–water partition coefficient (Wildman–Crippen LogP) is 8.26. The van der Waals surface area contributed by atoms with E-state index in [1.54, 1.807) is 0 Å². The zero-order valence-electron chi connectivity index (χ0n) is 17.7. The number of halogens is 1. The van der Waals surface area contributed by atoms with Gasteiger partial charge in [0, 0.05) is 11.8 Å². The number of hydrogen-bond acceptors (Lipinski definition) is 2. The molecule has 2 rings (SSSR count). The highest BCUT2D eigenvalue weighted by Crippen LogP contribution is 2.30. The lowest BCUT2D eigenvalue weighted by molar-refractivity contribution is 0.305. The summed E-state index contributed by atoms with van der Waals surface area (Å²) in [4.78, 5) is 4.64. The van der Waals surface area contributed by atoms with Crippen LogP contribution in [0.2, 0.25) is 5.02 Å². The lowest BCUT2D eigenvalue weighted by atomic mass is 10.1. The van der Waals surface area contributed by atoms with Crippen LogP contribution in [0.3, 0.4) is 0 Å². The van der Waals surface area contributed by atoms with Gasteiger partial charge in [-0.2, -0.15) is 0 Å². The van der Waals surface area contributed by atoms with Crippen LogP contribution in [-0.4, -0.2) is 11.6 Å². The molecule has 0 unspecified atom stereocenters. The van der Waals surface area contributed by atoms with E-state index >= 15 is 0 Å². The molecule has 0 aliphatic rings. The van der Waals surface area contributed by atoms with Gasteiger partial charge in [0.05, 0.1) is 17.3 Å². The van der Waals surface area contributed by atoms with Crippen molar-refractivity contribution < 1.29 is 4.74 Å². The molecule has 0 fully saturated rings. The molecule has 154 valence electrons. The average Bonchev–Trinajstić information content (AvgIpc) is 2.72. The molecule has 0 N–H and O–H groups in total. The van der Waals surface area contributed by atoms with Gasteiger partial charge in [-0.25, -0.2) is 0 Å². The lowest BCUT2D eigenvalue weighted by Crippen LogP contribution is -1.98. The maximum Gasteiger partial charge on any atom is 0.137 e. The van der Waals surface area contributed by atoms with Gasteiger partial charge < -0.3 is 4.74 Å². The highest BCUT2D eigenvalue weighted by atomic mass is 35.5. The van der Waals surface area contributed by atoms with Crippen molar-refractivity contribution in [3.8, 4) is 17.0 Å². The lowest BCUT2D eigenvalue weighted by Gasteiger charge is -2.10. The molecule has 28 heavy (non-hydrogen) atoms. The summed E-state index contributed by atoms with van der Waals surface area (Å²) in [5, 5.41) is 0.660. The van der Waals surface area contributed by atoms with E-state index in [1.165, 1.54) is 63.4 Å². The quantitative estimate of drug-likeness (QED) is 0.297. The van der Waals surface area contributed by atoms with Gasteiger partial charge >= 0.3 is 0 Å². The zero-order chi connectivity index (χ0) is 20.0. The van der Waals surface area contributed by atoms with Gasteiger partial charge in [0.15, 0.2) is 0 Å². The predicted molar refractivity (Wildman–Crippen MR) is 121 cm³/mol. The molecule has 3 heteroatoms. The second kappa shape index (κ2) is 13.6. The number of rotatable bonds is 14. The molecular formula is C25H36ClNO. The van der Waals surface area contributed by atoms with E-state index in [-0.39, 0.29) is 0 Å². The Balaban J connectivity index is 1.82. The molecule has 0 aliphatic heterocycles. The number of ether oxygens (including phenoxy) is 1. The average molecular weight is 402 g/mol. The molecule has 1 heterocycles. The van der Waals surface area contributed by atoms with Gasteiger partial charge in [-0.15, -0.1) is 0 Å². The van der Waals surface area contributed by atoms with Crippen molar-refractivity contribution in [1.29, 1.82) is 0 Å². The Bertz CT molecular complexity index is 669. The van der Waals surface area contributed by atoms with Crippen molar-refractivity contribution in [2.45, 2.75) is 84.5 Å². The third-order valence-corrected chi connectivity index (χ3v) is 5.42. The summed E-state index contributed by atoms with van der Waals surface area (Å²) >= 11 is 6.43. The van der Waals surface area contributed by atoms with Crippen LogP contribution in [0.1, 0.15) is 83.6 Å². The largest absolute Gasteiger partial charge is 0.492 e. The first kappa shape index (κ1) is 22.7. The maximum absolute atomic E-state index is 6.43. The van der Waals surface area contributed by atoms with E-state index in [4.69, 9.17) is 16.3 Å². The molecule has 1 aromatic carbocycles. The minimum Gasteiger partial charge on any atom is -0.492 e. The third kappa shape index (κ3) is 8.22. The fourth-order valence-corrected chi connectivity index (χ4v) is 3.58. The van der Waals surface area contributed by atoms with Crippen LogP contribution >= 0.6 is 11.6 Å². The van der Waals surface area contributed by atoms with Crippen molar-refractivity contribution in [2.24, 2.45) is 0 Å². The van der Waals surface area contributed by atoms with E-state index < -0.39 is 0 Å². The smallest absolute Gasteiger partial charge is 0.137 e. The highest BCUT2D eigenvalue weighted by Gasteiger charge is 2.06. The van der Waals surface area contributed by atoms with E-state index in [1.807, 2.05) is 24.4 Å². The SMILES string of the molecule is CCCCCCCOc1ccc(-c2ccc(CCCCCCC)cn2)cc1Cl. The molecule has 0 spiro atoms. The number of aryl methyl sites for hydroxylation is 1. The van der Waals surface area contributed by atoms with Crippen LogP contribution in [-0.2, 0) is 6.42 Å². The first-order chi connectivity index (χ1) is 13.7. The van der Waals surface area contributed by atoms with Crippen LogP contribution in [0.15, 0.2) is 36.5 Å². The van der Waals surface area contributed by atoms with Crippen LogP contribution < -0.4 is 4.74 Å². The Morgan fingerprint density at radius 1 is 0.821 bits per heavy atom. The number of pyridine rings is 1. The van der Waals surface area contributed by atoms with Crippen molar-refractivity contribution in [3.63, 3.8) is 0 Å².